The van der Waals surface area contributed by atoms with E-state index in [2.05, 4.69) is 15.4 Å². The van der Waals surface area contributed by atoms with Crippen LogP contribution in [0.2, 0.25) is 0 Å². The lowest BCUT2D eigenvalue weighted by molar-refractivity contribution is -0.588. The van der Waals surface area contributed by atoms with Crippen molar-refractivity contribution in [1.29, 1.82) is 0 Å². The number of nitrogens with zero attached hydrogens (tertiary/aromatic N) is 3. The zero-order valence-corrected chi connectivity index (χ0v) is 15.2. The molecule has 8 heteroatoms. The van der Waals surface area contributed by atoms with Gasteiger partial charge in [-0.3, -0.25) is 4.79 Å². The average Bonchev–Trinajstić information content (AvgIpc) is 2.97. The van der Waals surface area contributed by atoms with E-state index in [9.17, 15) is 4.79 Å². The fourth-order valence-electron chi connectivity index (χ4n) is 2.17. The molecule has 0 saturated heterocycles. The molecule has 0 fully saturated rings. The molecule has 24 heavy (non-hydrogen) atoms. The van der Waals surface area contributed by atoms with Crippen molar-refractivity contribution >= 4 is 39.7 Å². The number of aromatic nitrogens is 3. The van der Waals surface area contributed by atoms with Gasteiger partial charge in [-0.2, -0.15) is 0 Å². The lowest BCUT2D eigenvalue weighted by Gasteiger charge is -2.05. The SMILES string of the molecule is COc1ccc(NC(=O)CSc2n[n+]3c(C)cc(C)nc3s2)cc1. The number of benzene rings is 1. The first-order valence-corrected chi connectivity index (χ1v) is 9.09. The molecule has 6 nitrogen and oxygen atoms in total. The molecule has 1 N–H and O–H groups in total. The molecule has 0 aliphatic carbocycles. The molecule has 0 radical (unpaired) electrons. The maximum absolute atomic E-state index is 12.1. The van der Waals surface area contributed by atoms with Crippen molar-refractivity contribution in [2.24, 2.45) is 0 Å². The Kier molecular flexibility index (Phi) is 4.96. The maximum atomic E-state index is 12.1. The molecule has 0 aliphatic rings. The molecular formula is C16H17N4O2S2+. The normalized spacial score (nSPS) is 10.8. The summed E-state index contributed by atoms with van der Waals surface area (Å²) >= 11 is 2.89. The van der Waals surface area contributed by atoms with Crippen LogP contribution < -0.4 is 14.6 Å². The summed E-state index contributed by atoms with van der Waals surface area (Å²) in [5.74, 6) is 0.979. The molecule has 3 rings (SSSR count). The maximum Gasteiger partial charge on any atom is 0.410 e. The van der Waals surface area contributed by atoms with Gasteiger partial charge in [-0.25, -0.2) is 0 Å². The monoisotopic (exact) mass is 361 g/mol. The van der Waals surface area contributed by atoms with Gasteiger partial charge in [-0.05, 0) is 40.6 Å². The predicted octanol–water partition coefficient (Wildman–Crippen LogP) is 2.63. The van der Waals surface area contributed by atoms with E-state index in [0.29, 0.717) is 5.75 Å². The molecule has 0 atom stereocenters. The number of carbonyl (C=O) groups excluding carboxylic acids is 1. The number of aryl methyl sites for hydroxylation is 2. The Morgan fingerprint density at radius 3 is 2.79 bits per heavy atom. The number of hydrogen-bond acceptors (Lipinski definition) is 6. The molecule has 0 aliphatic heterocycles. The van der Waals surface area contributed by atoms with Crippen molar-refractivity contribution in [3.8, 4) is 5.75 Å². The largest absolute Gasteiger partial charge is 0.497 e. The number of hydrogen-bond donors (Lipinski definition) is 1. The van der Waals surface area contributed by atoms with Gasteiger partial charge in [0.05, 0.1) is 12.9 Å². The number of ether oxygens (including phenoxy) is 1. The van der Waals surface area contributed by atoms with Gasteiger partial charge in [0.25, 0.3) is 0 Å². The van der Waals surface area contributed by atoms with Crippen LogP contribution in [0.15, 0.2) is 34.7 Å². The first-order valence-electron chi connectivity index (χ1n) is 7.29. The molecule has 2 heterocycles. The van der Waals surface area contributed by atoms with E-state index in [4.69, 9.17) is 4.74 Å². The molecule has 124 valence electrons. The second kappa shape index (κ2) is 7.14. The highest BCUT2D eigenvalue weighted by Gasteiger charge is 2.17. The smallest absolute Gasteiger partial charge is 0.410 e. The summed E-state index contributed by atoms with van der Waals surface area (Å²) in [6.07, 6.45) is 0. The highest BCUT2D eigenvalue weighted by atomic mass is 32.2. The Balaban J connectivity index is 1.62. The number of rotatable bonds is 5. The third-order valence-electron chi connectivity index (χ3n) is 3.27. The molecule has 0 unspecified atom stereocenters. The molecular weight excluding hydrogens is 344 g/mol. The van der Waals surface area contributed by atoms with Crippen molar-refractivity contribution in [2.45, 2.75) is 18.2 Å². The zero-order chi connectivity index (χ0) is 17.1. The highest BCUT2D eigenvalue weighted by molar-refractivity contribution is 8.01. The van der Waals surface area contributed by atoms with Crippen molar-refractivity contribution in [3.05, 3.63) is 41.7 Å². The van der Waals surface area contributed by atoms with Crippen LogP contribution in [-0.2, 0) is 4.79 Å². The van der Waals surface area contributed by atoms with E-state index < -0.39 is 0 Å². The number of fused-ring (bicyclic) bond motifs is 1. The van der Waals surface area contributed by atoms with E-state index in [0.717, 1.165) is 32.1 Å². The van der Waals surface area contributed by atoms with Gasteiger partial charge < -0.3 is 10.1 Å². The van der Waals surface area contributed by atoms with Crippen molar-refractivity contribution in [1.82, 2.24) is 10.1 Å². The van der Waals surface area contributed by atoms with Crippen LogP contribution in [0.1, 0.15) is 11.4 Å². The lowest BCUT2D eigenvalue weighted by Crippen LogP contribution is -2.28. The second-order valence-electron chi connectivity index (χ2n) is 5.17. The van der Waals surface area contributed by atoms with Gasteiger partial charge in [0.15, 0.2) is 5.69 Å². The first kappa shape index (κ1) is 16.7. The van der Waals surface area contributed by atoms with Gasteiger partial charge in [0.2, 0.25) is 10.2 Å². The molecule has 2 aromatic heterocycles. The molecule has 0 spiro atoms. The van der Waals surface area contributed by atoms with E-state index in [1.165, 1.54) is 23.1 Å². The number of nitrogens with one attached hydrogen (secondary N) is 1. The summed E-state index contributed by atoms with van der Waals surface area (Å²) in [6.45, 7) is 3.95. The Bertz CT molecular complexity index is 878. The average molecular weight is 361 g/mol. The fraction of sp³-hybridized carbons (Fsp3) is 0.250. The second-order valence-corrected chi connectivity index (χ2v) is 7.35. The van der Waals surface area contributed by atoms with Crippen LogP contribution in [0.25, 0.3) is 4.96 Å². The van der Waals surface area contributed by atoms with Crippen LogP contribution in [0.4, 0.5) is 5.69 Å². The van der Waals surface area contributed by atoms with E-state index >= 15 is 0 Å². The third kappa shape index (κ3) is 3.82. The number of methoxy groups -OCH3 is 1. The van der Waals surface area contributed by atoms with E-state index in [-0.39, 0.29) is 5.91 Å². The zero-order valence-electron chi connectivity index (χ0n) is 13.6. The summed E-state index contributed by atoms with van der Waals surface area (Å²) in [6, 6.07) is 9.22. The first-order chi connectivity index (χ1) is 11.5. The van der Waals surface area contributed by atoms with Crippen LogP contribution >= 0.6 is 23.1 Å². The van der Waals surface area contributed by atoms with Gasteiger partial charge in [0.1, 0.15) is 11.4 Å². The highest BCUT2D eigenvalue weighted by Crippen LogP contribution is 2.22. The lowest BCUT2D eigenvalue weighted by atomic mass is 10.3. The summed E-state index contributed by atoms with van der Waals surface area (Å²) in [5.41, 5.74) is 2.74. The predicted molar refractivity (Wildman–Crippen MR) is 94.9 cm³/mol. The van der Waals surface area contributed by atoms with Crippen LogP contribution in [0, 0.1) is 13.8 Å². The summed E-state index contributed by atoms with van der Waals surface area (Å²) in [5, 5.41) is 7.35. The molecule has 0 saturated carbocycles. The molecule has 0 bridgehead atoms. The minimum atomic E-state index is -0.0738. The van der Waals surface area contributed by atoms with Crippen molar-refractivity contribution in [3.63, 3.8) is 0 Å². The quantitative estimate of drug-likeness (QED) is 0.559. The van der Waals surface area contributed by atoms with Gasteiger partial charge in [-0.15, -0.1) is 0 Å². The third-order valence-corrected chi connectivity index (χ3v) is 5.31. The van der Waals surface area contributed by atoms with E-state index in [1.54, 1.807) is 11.6 Å². The number of thioether (sulfide) groups is 1. The molecule has 1 amide bonds. The Morgan fingerprint density at radius 1 is 1.33 bits per heavy atom. The Morgan fingerprint density at radius 2 is 2.08 bits per heavy atom. The standard InChI is InChI=1S/C16H16N4O2S2/c1-10-8-11(2)20-15(17-10)24-16(19-20)23-9-14(21)18-12-4-6-13(22-3)7-5-12/h4-8H,9H2,1-3H3/p+1. The summed E-state index contributed by atoms with van der Waals surface area (Å²) < 4.78 is 7.72. The number of carbonyl (C=O) groups is 1. The molecule has 1 aromatic carbocycles. The molecule has 3 aromatic rings. The minimum Gasteiger partial charge on any atom is -0.497 e. The van der Waals surface area contributed by atoms with Gasteiger partial charge >= 0.3 is 4.96 Å². The van der Waals surface area contributed by atoms with Gasteiger partial charge in [0, 0.05) is 25.6 Å². The fourth-order valence-corrected chi connectivity index (χ4v) is 4.01. The van der Waals surface area contributed by atoms with Crippen LogP contribution in [-0.4, -0.2) is 28.9 Å². The Labute approximate surface area is 147 Å². The summed E-state index contributed by atoms with van der Waals surface area (Å²) in [7, 11) is 1.61. The van der Waals surface area contributed by atoms with Crippen LogP contribution in [0.3, 0.4) is 0 Å². The summed E-state index contributed by atoms with van der Waals surface area (Å²) in [4.78, 5) is 17.4. The Hall–Kier alpha value is -2.19. The van der Waals surface area contributed by atoms with Crippen LogP contribution in [0.5, 0.6) is 5.75 Å². The van der Waals surface area contributed by atoms with Crippen molar-refractivity contribution < 1.29 is 14.0 Å². The minimum absolute atomic E-state index is 0.0738. The van der Waals surface area contributed by atoms with Crippen molar-refractivity contribution in [2.75, 3.05) is 18.2 Å². The number of anilines is 1. The number of amides is 1. The van der Waals surface area contributed by atoms with E-state index in [1.807, 2.05) is 44.2 Å². The topological polar surface area (TPSA) is 68.2 Å². The van der Waals surface area contributed by atoms with Gasteiger partial charge in [-0.1, -0.05) is 21.4 Å².